The van der Waals surface area contributed by atoms with Crippen LogP contribution in [-0.2, 0) is 14.3 Å². The second kappa shape index (κ2) is 7.82. The number of aromatic nitrogens is 2. The van der Waals surface area contributed by atoms with Gasteiger partial charge in [-0.05, 0) is 31.9 Å². The van der Waals surface area contributed by atoms with Crippen LogP contribution in [0.15, 0.2) is 29.3 Å². The molecule has 3 rings (SSSR count). The molecule has 1 aromatic carbocycles. The minimum absolute atomic E-state index is 0.0719. The Morgan fingerprint density at radius 2 is 1.84 bits per heavy atom. The molecule has 132 valence electrons. The molecule has 2 aromatic rings. The third-order valence-corrected chi connectivity index (χ3v) is 5.47. The standard InChI is InChI=1S/C18H21N3O3S/c1-12-17(20-15-6-4-3-5-14(15)19-12)25-11-16(22)21-9-7-13(8-10-21)18(23)24-2/h3-6,13H,7-11H2,1-2H3. The van der Waals surface area contributed by atoms with Crippen LogP contribution in [-0.4, -0.2) is 52.7 Å². The molecule has 1 aromatic heterocycles. The highest BCUT2D eigenvalue weighted by molar-refractivity contribution is 7.99. The fraction of sp³-hybridized carbons (Fsp3) is 0.444. The molecule has 0 bridgehead atoms. The summed E-state index contributed by atoms with van der Waals surface area (Å²) in [5.74, 6) is 0.137. The van der Waals surface area contributed by atoms with E-state index in [0.29, 0.717) is 31.7 Å². The number of likely N-dealkylation sites (tertiary alicyclic amines) is 1. The second-order valence-corrected chi connectivity index (χ2v) is 7.03. The van der Waals surface area contributed by atoms with Crippen LogP contribution in [0.5, 0.6) is 0 Å². The predicted molar refractivity (Wildman–Crippen MR) is 96.3 cm³/mol. The number of carbonyl (C=O) groups excluding carboxylic acids is 2. The summed E-state index contributed by atoms with van der Waals surface area (Å²) in [6, 6.07) is 7.72. The number of aryl methyl sites for hydroxylation is 1. The third-order valence-electron chi connectivity index (χ3n) is 4.42. The normalized spacial score (nSPS) is 15.4. The van der Waals surface area contributed by atoms with Crippen molar-refractivity contribution in [2.24, 2.45) is 5.92 Å². The largest absolute Gasteiger partial charge is 0.469 e. The van der Waals surface area contributed by atoms with Crippen molar-refractivity contribution in [3.63, 3.8) is 0 Å². The Hall–Kier alpha value is -2.15. The predicted octanol–water partition coefficient (Wildman–Crippen LogP) is 2.44. The second-order valence-electron chi connectivity index (χ2n) is 6.07. The number of methoxy groups -OCH3 is 1. The molecule has 1 aliphatic rings. The number of piperidine rings is 1. The molecule has 0 spiro atoms. The Balaban J connectivity index is 1.58. The molecule has 0 radical (unpaired) electrons. The van der Waals surface area contributed by atoms with Gasteiger partial charge in [0.2, 0.25) is 5.91 Å². The van der Waals surface area contributed by atoms with E-state index in [2.05, 4.69) is 9.97 Å². The number of rotatable bonds is 4. The van der Waals surface area contributed by atoms with E-state index in [1.165, 1.54) is 18.9 Å². The van der Waals surface area contributed by atoms with Gasteiger partial charge in [-0.1, -0.05) is 23.9 Å². The molecule has 1 saturated heterocycles. The number of ether oxygens (including phenoxy) is 1. The summed E-state index contributed by atoms with van der Waals surface area (Å²) in [6.45, 7) is 3.11. The Kier molecular flexibility index (Phi) is 5.53. The summed E-state index contributed by atoms with van der Waals surface area (Å²) in [5, 5.41) is 0.788. The highest BCUT2D eigenvalue weighted by Crippen LogP contribution is 2.24. The van der Waals surface area contributed by atoms with E-state index in [-0.39, 0.29) is 17.8 Å². The van der Waals surface area contributed by atoms with Crippen LogP contribution in [0.1, 0.15) is 18.5 Å². The zero-order chi connectivity index (χ0) is 17.8. The van der Waals surface area contributed by atoms with Gasteiger partial charge in [-0.25, -0.2) is 9.97 Å². The molecule has 0 unspecified atom stereocenters. The molecule has 6 nitrogen and oxygen atoms in total. The first kappa shape index (κ1) is 17.7. The molecule has 2 heterocycles. The Bertz CT molecular complexity index is 788. The number of fused-ring (bicyclic) bond motifs is 1. The summed E-state index contributed by atoms with van der Waals surface area (Å²) < 4.78 is 4.78. The van der Waals surface area contributed by atoms with Crippen molar-refractivity contribution >= 4 is 34.7 Å². The van der Waals surface area contributed by atoms with E-state index in [1.54, 1.807) is 0 Å². The van der Waals surface area contributed by atoms with Crippen LogP contribution < -0.4 is 0 Å². The van der Waals surface area contributed by atoms with Gasteiger partial charge in [-0.3, -0.25) is 9.59 Å². The lowest BCUT2D eigenvalue weighted by Gasteiger charge is -2.30. The molecule has 1 fully saturated rings. The fourth-order valence-corrected chi connectivity index (χ4v) is 3.82. The summed E-state index contributed by atoms with van der Waals surface area (Å²) >= 11 is 1.42. The first-order chi connectivity index (χ1) is 12.1. The minimum atomic E-state index is -0.177. The zero-order valence-corrected chi connectivity index (χ0v) is 15.2. The number of hydrogen-bond acceptors (Lipinski definition) is 6. The van der Waals surface area contributed by atoms with Crippen LogP contribution in [0.4, 0.5) is 0 Å². The molecule has 7 heteroatoms. The average molecular weight is 359 g/mol. The Morgan fingerprint density at radius 1 is 1.20 bits per heavy atom. The molecule has 1 aliphatic heterocycles. The molecule has 1 amide bonds. The number of amides is 1. The molecular weight excluding hydrogens is 338 g/mol. The van der Waals surface area contributed by atoms with Crippen molar-refractivity contribution in [2.75, 3.05) is 26.0 Å². The fourth-order valence-electron chi connectivity index (χ4n) is 2.96. The summed E-state index contributed by atoms with van der Waals surface area (Å²) in [7, 11) is 1.41. The average Bonchev–Trinajstić information content (AvgIpc) is 2.65. The van der Waals surface area contributed by atoms with Gasteiger partial charge in [0.1, 0.15) is 5.03 Å². The van der Waals surface area contributed by atoms with E-state index < -0.39 is 0 Å². The first-order valence-electron chi connectivity index (χ1n) is 8.30. The quantitative estimate of drug-likeness (QED) is 0.617. The zero-order valence-electron chi connectivity index (χ0n) is 14.4. The maximum absolute atomic E-state index is 12.4. The van der Waals surface area contributed by atoms with Crippen LogP contribution in [0.2, 0.25) is 0 Å². The van der Waals surface area contributed by atoms with Gasteiger partial charge in [0.15, 0.2) is 0 Å². The monoisotopic (exact) mass is 359 g/mol. The lowest BCUT2D eigenvalue weighted by atomic mass is 9.97. The third kappa shape index (κ3) is 4.10. The highest BCUT2D eigenvalue weighted by Gasteiger charge is 2.27. The van der Waals surface area contributed by atoms with E-state index in [4.69, 9.17) is 4.74 Å². The summed E-state index contributed by atoms with van der Waals surface area (Å²) in [5.41, 5.74) is 2.53. The topological polar surface area (TPSA) is 72.4 Å². The van der Waals surface area contributed by atoms with Gasteiger partial charge in [-0.2, -0.15) is 0 Å². The number of esters is 1. The maximum atomic E-state index is 12.4. The van der Waals surface area contributed by atoms with E-state index in [1.807, 2.05) is 36.1 Å². The van der Waals surface area contributed by atoms with Crippen molar-refractivity contribution in [1.29, 1.82) is 0 Å². The van der Waals surface area contributed by atoms with Crippen LogP contribution in [0, 0.1) is 12.8 Å². The lowest BCUT2D eigenvalue weighted by Crippen LogP contribution is -2.41. The van der Waals surface area contributed by atoms with Crippen molar-refractivity contribution in [2.45, 2.75) is 24.8 Å². The van der Waals surface area contributed by atoms with Gasteiger partial charge in [0, 0.05) is 13.1 Å². The van der Waals surface area contributed by atoms with Crippen molar-refractivity contribution in [3.8, 4) is 0 Å². The van der Waals surface area contributed by atoms with E-state index >= 15 is 0 Å². The van der Waals surface area contributed by atoms with Crippen LogP contribution in [0.25, 0.3) is 11.0 Å². The Labute approximate surface area is 151 Å². The van der Waals surface area contributed by atoms with Gasteiger partial charge < -0.3 is 9.64 Å². The maximum Gasteiger partial charge on any atom is 0.308 e. The van der Waals surface area contributed by atoms with Crippen molar-refractivity contribution in [3.05, 3.63) is 30.0 Å². The van der Waals surface area contributed by atoms with Gasteiger partial charge in [-0.15, -0.1) is 0 Å². The van der Waals surface area contributed by atoms with E-state index in [9.17, 15) is 9.59 Å². The SMILES string of the molecule is COC(=O)C1CCN(C(=O)CSc2nc3ccccc3nc2C)CC1. The molecule has 0 N–H and O–H groups in total. The molecule has 0 aliphatic carbocycles. The first-order valence-corrected chi connectivity index (χ1v) is 9.29. The summed E-state index contributed by atoms with van der Waals surface area (Å²) in [4.78, 5) is 35.0. The van der Waals surface area contributed by atoms with E-state index in [0.717, 1.165) is 21.8 Å². The number of hydrogen-bond donors (Lipinski definition) is 0. The van der Waals surface area contributed by atoms with Crippen LogP contribution in [0.3, 0.4) is 0 Å². The van der Waals surface area contributed by atoms with Gasteiger partial charge >= 0.3 is 5.97 Å². The highest BCUT2D eigenvalue weighted by atomic mass is 32.2. The molecular formula is C18H21N3O3S. The smallest absolute Gasteiger partial charge is 0.308 e. The van der Waals surface area contributed by atoms with Crippen LogP contribution >= 0.6 is 11.8 Å². The molecule has 25 heavy (non-hydrogen) atoms. The number of benzene rings is 1. The van der Waals surface area contributed by atoms with Gasteiger partial charge in [0.05, 0.1) is 35.5 Å². The lowest BCUT2D eigenvalue weighted by molar-refractivity contribution is -0.148. The van der Waals surface area contributed by atoms with Crippen molar-refractivity contribution in [1.82, 2.24) is 14.9 Å². The number of carbonyl (C=O) groups is 2. The number of thioether (sulfide) groups is 1. The summed E-state index contributed by atoms with van der Waals surface area (Å²) in [6.07, 6.45) is 1.33. The molecule has 0 saturated carbocycles. The molecule has 0 atom stereocenters. The number of nitrogens with zero attached hydrogens (tertiary/aromatic N) is 3. The number of para-hydroxylation sites is 2. The Morgan fingerprint density at radius 3 is 2.48 bits per heavy atom. The van der Waals surface area contributed by atoms with Crippen molar-refractivity contribution < 1.29 is 14.3 Å². The minimum Gasteiger partial charge on any atom is -0.469 e. The van der Waals surface area contributed by atoms with Gasteiger partial charge in [0.25, 0.3) is 0 Å².